The van der Waals surface area contributed by atoms with Crippen LogP contribution in [0, 0.1) is 0 Å². The summed E-state index contributed by atoms with van der Waals surface area (Å²) in [6.07, 6.45) is 8.78. The van der Waals surface area contributed by atoms with Crippen LogP contribution in [-0.2, 0) is 12.0 Å². The number of aryl methyl sites for hydroxylation is 1. The van der Waals surface area contributed by atoms with Gasteiger partial charge < -0.3 is 10.3 Å². The van der Waals surface area contributed by atoms with E-state index in [0.29, 0.717) is 5.82 Å². The maximum absolute atomic E-state index is 6.24. The fourth-order valence-electron chi connectivity index (χ4n) is 2.00. The molecule has 104 valence electrons. The molecule has 0 atom stereocenters. The molecule has 4 nitrogen and oxygen atoms in total. The fraction of sp³-hybridized carbons (Fsp3) is 0.857. The van der Waals surface area contributed by atoms with E-state index in [2.05, 4.69) is 30.9 Å². The van der Waals surface area contributed by atoms with Gasteiger partial charge in [-0.25, -0.2) is 0 Å². The molecule has 0 saturated carbocycles. The van der Waals surface area contributed by atoms with E-state index < -0.39 is 5.54 Å². The molecule has 1 aromatic heterocycles. The monoisotopic (exact) mass is 253 g/mol. The Hall–Kier alpha value is -0.900. The van der Waals surface area contributed by atoms with Gasteiger partial charge in [-0.2, -0.15) is 4.98 Å². The van der Waals surface area contributed by atoms with Crippen molar-refractivity contribution >= 4 is 0 Å². The van der Waals surface area contributed by atoms with Crippen molar-refractivity contribution in [1.82, 2.24) is 10.1 Å². The Kier molecular flexibility index (Phi) is 6.33. The standard InChI is InChI=1S/C14H27N3O/c1-4-7-8-9-10-11-12-16-13(17-18-12)14(15,5-2)6-3/h4-11,15H2,1-3H3. The molecule has 0 spiro atoms. The van der Waals surface area contributed by atoms with Crippen LogP contribution in [0.4, 0.5) is 0 Å². The highest BCUT2D eigenvalue weighted by atomic mass is 16.5. The van der Waals surface area contributed by atoms with Gasteiger partial charge in [-0.1, -0.05) is 51.6 Å². The highest BCUT2D eigenvalue weighted by molar-refractivity contribution is 5.02. The number of nitrogens with zero attached hydrogens (tertiary/aromatic N) is 2. The largest absolute Gasteiger partial charge is 0.339 e. The third kappa shape index (κ3) is 4.09. The van der Waals surface area contributed by atoms with Gasteiger partial charge in [0.05, 0.1) is 5.54 Å². The van der Waals surface area contributed by atoms with Crippen LogP contribution in [0.2, 0.25) is 0 Å². The van der Waals surface area contributed by atoms with Crippen molar-refractivity contribution in [1.29, 1.82) is 0 Å². The van der Waals surface area contributed by atoms with Gasteiger partial charge in [-0.15, -0.1) is 0 Å². The second-order valence-electron chi connectivity index (χ2n) is 5.04. The summed E-state index contributed by atoms with van der Waals surface area (Å²) in [5.41, 5.74) is 5.81. The second-order valence-corrected chi connectivity index (χ2v) is 5.04. The van der Waals surface area contributed by atoms with Crippen molar-refractivity contribution in [3.05, 3.63) is 11.7 Å². The Morgan fingerprint density at radius 3 is 2.33 bits per heavy atom. The summed E-state index contributed by atoms with van der Waals surface area (Å²) >= 11 is 0. The lowest BCUT2D eigenvalue weighted by atomic mass is 9.93. The zero-order chi connectivity index (χ0) is 13.4. The van der Waals surface area contributed by atoms with Crippen LogP contribution >= 0.6 is 0 Å². The number of hydrogen-bond acceptors (Lipinski definition) is 4. The predicted molar refractivity (Wildman–Crippen MR) is 73.2 cm³/mol. The van der Waals surface area contributed by atoms with Crippen molar-refractivity contribution < 1.29 is 4.52 Å². The van der Waals surface area contributed by atoms with E-state index in [1.165, 1.54) is 25.7 Å². The van der Waals surface area contributed by atoms with Crippen LogP contribution in [0.25, 0.3) is 0 Å². The zero-order valence-corrected chi connectivity index (χ0v) is 12.0. The Labute approximate surface area is 110 Å². The number of aromatic nitrogens is 2. The molecular weight excluding hydrogens is 226 g/mol. The smallest absolute Gasteiger partial charge is 0.226 e. The van der Waals surface area contributed by atoms with Gasteiger partial charge >= 0.3 is 0 Å². The van der Waals surface area contributed by atoms with Crippen LogP contribution in [0.1, 0.15) is 77.4 Å². The molecule has 1 aromatic rings. The van der Waals surface area contributed by atoms with Crippen LogP contribution in [-0.4, -0.2) is 10.1 Å². The lowest BCUT2D eigenvalue weighted by Gasteiger charge is -2.21. The highest BCUT2D eigenvalue weighted by Gasteiger charge is 2.28. The molecule has 0 bridgehead atoms. The molecular formula is C14H27N3O. The summed E-state index contributed by atoms with van der Waals surface area (Å²) in [7, 11) is 0. The molecule has 0 aliphatic rings. The van der Waals surface area contributed by atoms with E-state index in [0.717, 1.165) is 31.6 Å². The zero-order valence-electron chi connectivity index (χ0n) is 12.0. The Morgan fingerprint density at radius 2 is 1.72 bits per heavy atom. The number of rotatable bonds is 9. The molecule has 1 heterocycles. The molecule has 0 fully saturated rings. The molecule has 1 rings (SSSR count). The molecule has 4 heteroatoms. The van der Waals surface area contributed by atoms with Gasteiger partial charge in [0.15, 0.2) is 5.82 Å². The first-order valence-corrected chi connectivity index (χ1v) is 7.28. The average Bonchev–Trinajstić information content (AvgIpc) is 2.87. The van der Waals surface area contributed by atoms with Crippen LogP contribution in [0.15, 0.2) is 4.52 Å². The minimum absolute atomic E-state index is 0.427. The molecule has 0 aliphatic carbocycles. The lowest BCUT2D eigenvalue weighted by molar-refractivity contribution is 0.333. The highest BCUT2D eigenvalue weighted by Crippen LogP contribution is 2.23. The molecule has 0 radical (unpaired) electrons. The van der Waals surface area contributed by atoms with Crippen LogP contribution in [0.5, 0.6) is 0 Å². The summed E-state index contributed by atoms with van der Waals surface area (Å²) < 4.78 is 5.28. The van der Waals surface area contributed by atoms with E-state index in [1.54, 1.807) is 0 Å². The molecule has 0 unspecified atom stereocenters. The first kappa shape index (κ1) is 15.2. The average molecular weight is 253 g/mol. The Bertz CT molecular complexity index is 332. The van der Waals surface area contributed by atoms with Gasteiger partial charge in [0.2, 0.25) is 5.89 Å². The first-order chi connectivity index (χ1) is 8.66. The topological polar surface area (TPSA) is 64.9 Å². The lowest BCUT2D eigenvalue weighted by Crippen LogP contribution is -2.36. The maximum Gasteiger partial charge on any atom is 0.226 e. The van der Waals surface area contributed by atoms with Gasteiger partial charge in [0.1, 0.15) is 0 Å². The normalized spacial score (nSPS) is 12.0. The summed E-state index contributed by atoms with van der Waals surface area (Å²) in [5.74, 6) is 1.40. The maximum atomic E-state index is 6.24. The minimum atomic E-state index is -0.427. The van der Waals surface area contributed by atoms with Gasteiger partial charge in [0, 0.05) is 6.42 Å². The summed E-state index contributed by atoms with van der Waals surface area (Å²) in [6, 6.07) is 0. The van der Waals surface area contributed by atoms with E-state index in [1.807, 2.05) is 0 Å². The van der Waals surface area contributed by atoms with Gasteiger partial charge in [0.25, 0.3) is 0 Å². The van der Waals surface area contributed by atoms with E-state index in [-0.39, 0.29) is 0 Å². The summed E-state index contributed by atoms with van der Waals surface area (Å²) in [4.78, 5) is 4.44. The summed E-state index contributed by atoms with van der Waals surface area (Å²) in [5, 5.41) is 4.03. The third-order valence-electron chi connectivity index (χ3n) is 3.67. The fourth-order valence-corrected chi connectivity index (χ4v) is 2.00. The summed E-state index contributed by atoms with van der Waals surface area (Å²) in [6.45, 7) is 6.34. The SMILES string of the molecule is CCCCCCCc1nc(C(N)(CC)CC)no1. The molecule has 18 heavy (non-hydrogen) atoms. The van der Waals surface area contributed by atoms with Crippen molar-refractivity contribution in [3.63, 3.8) is 0 Å². The van der Waals surface area contributed by atoms with Crippen molar-refractivity contribution in [2.75, 3.05) is 0 Å². The Balaban J connectivity index is 2.43. The van der Waals surface area contributed by atoms with Crippen LogP contribution in [0.3, 0.4) is 0 Å². The second kappa shape index (κ2) is 7.52. The molecule has 0 aromatic carbocycles. The molecule has 0 saturated heterocycles. The van der Waals surface area contributed by atoms with Crippen molar-refractivity contribution in [3.8, 4) is 0 Å². The third-order valence-corrected chi connectivity index (χ3v) is 3.67. The predicted octanol–water partition coefficient (Wildman–Crippen LogP) is 3.56. The quantitative estimate of drug-likeness (QED) is 0.683. The Morgan fingerprint density at radius 1 is 1.06 bits per heavy atom. The van der Waals surface area contributed by atoms with Crippen LogP contribution < -0.4 is 5.73 Å². The van der Waals surface area contributed by atoms with E-state index in [9.17, 15) is 0 Å². The van der Waals surface area contributed by atoms with Crippen molar-refractivity contribution in [2.24, 2.45) is 5.73 Å². The molecule has 2 N–H and O–H groups in total. The first-order valence-electron chi connectivity index (χ1n) is 7.28. The number of nitrogens with two attached hydrogens (primary N) is 1. The molecule has 0 amide bonds. The van der Waals surface area contributed by atoms with Crippen molar-refractivity contribution in [2.45, 2.75) is 77.7 Å². The minimum Gasteiger partial charge on any atom is -0.339 e. The van der Waals surface area contributed by atoms with Gasteiger partial charge in [-0.05, 0) is 19.3 Å². The number of unbranched alkanes of at least 4 members (excludes halogenated alkanes) is 4. The van der Waals surface area contributed by atoms with E-state index in [4.69, 9.17) is 10.3 Å². The number of hydrogen-bond donors (Lipinski definition) is 1. The van der Waals surface area contributed by atoms with Gasteiger partial charge in [-0.3, -0.25) is 0 Å². The molecule has 0 aliphatic heterocycles. The van der Waals surface area contributed by atoms with E-state index >= 15 is 0 Å².